The Labute approximate surface area is 174 Å². The van der Waals surface area contributed by atoms with Gasteiger partial charge in [0.25, 0.3) is 11.8 Å². The molecule has 0 aromatic heterocycles. The lowest BCUT2D eigenvalue weighted by Gasteiger charge is -2.26. The standard InChI is InChI=1S/C21H22ClN3O4/c1-15(23-24-21(27)18-4-2-3-5-19(18)22)16-6-8-17(9-7-16)29-14-20(26)25-10-12-28-13-11-25/h2-9H,10-14H2,1H3,(H,24,27)/b23-15-. The van der Waals surface area contributed by atoms with Crippen molar-refractivity contribution < 1.29 is 19.1 Å². The number of nitrogens with one attached hydrogen (secondary N) is 1. The van der Waals surface area contributed by atoms with Gasteiger partial charge in [0.1, 0.15) is 5.75 Å². The van der Waals surface area contributed by atoms with Gasteiger partial charge in [-0.05, 0) is 48.9 Å². The maximum atomic E-state index is 12.2. The van der Waals surface area contributed by atoms with Gasteiger partial charge in [-0.15, -0.1) is 0 Å². The van der Waals surface area contributed by atoms with Crippen LogP contribution in [0, 0.1) is 0 Å². The van der Waals surface area contributed by atoms with Crippen LogP contribution in [-0.4, -0.2) is 55.3 Å². The Morgan fingerprint density at radius 1 is 1.14 bits per heavy atom. The van der Waals surface area contributed by atoms with Crippen LogP contribution in [0.4, 0.5) is 0 Å². The fourth-order valence-electron chi connectivity index (χ4n) is 2.75. The van der Waals surface area contributed by atoms with Gasteiger partial charge in [-0.25, -0.2) is 5.43 Å². The van der Waals surface area contributed by atoms with E-state index >= 15 is 0 Å². The Balaban J connectivity index is 1.53. The van der Waals surface area contributed by atoms with E-state index in [1.54, 1.807) is 48.2 Å². The molecule has 3 rings (SSSR count). The van der Waals surface area contributed by atoms with Gasteiger partial charge in [0, 0.05) is 13.1 Å². The van der Waals surface area contributed by atoms with Gasteiger partial charge in [-0.2, -0.15) is 5.10 Å². The molecule has 1 saturated heterocycles. The number of carbonyl (C=O) groups is 2. The minimum absolute atomic E-state index is 0.0136. The lowest BCUT2D eigenvalue weighted by atomic mass is 10.1. The van der Waals surface area contributed by atoms with Gasteiger partial charge in [-0.1, -0.05) is 23.7 Å². The fourth-order valence-corrected chi connectivity index (χ4v) is 2.97. The number of hydrogen-bond acceptors (Lipinski definition) is 5. The van der Waals surface area contributed by atoms with Crippen molar-refractivity contribution in [2.45, 2.75) is 6.92 Å². The first-order valence-corrected chi connectivity index (χ1v) is 9.60. The number of benzene rings is 2. The monoisotopic (exact) mass is 415 g/mol. The number of amides is 2. The molecular weight excluding hydrogens is 394 g/mol. The summed E-state index contributed by atoms with van der Waals surface area (Å²) < 4.78 is 10.8. The van der Waals surface area contributed by atoms with Crippen LogP contribution in [-0.2, 0) is 9.53 Å². The van der Waals surface area contributed by atoms with Crippen molar-refractivity contribution >= 4 is 29.1 Å². The average Bonchev–Trinajstić information content (AvgIpc) is 2.77. The molecule has 0 saturated carbocycles. The summed E-state index contributed by atoms with van der Waals surface area (Å²) in [6.07, 6.45) is 0. The zero-order valence-corrected chi connectivity index (χ0v) is 16.8. The number of halogens is 1. The molecule has 1 heterocycles. The van der Waals surface area contributed by atoms with Crippen molar-refractivity contribution in [1.82, 2.24) is 10.3 Å². The largest absolute Gasteiger partial charge is 0.484 e. The van der Waals surface area contributed by atoms with Crippen molar-refractivity contribution in [3.05, 3.63) is 64.7 Å². The van der Waals surface area contributed by atoms with E-state index in [1.165, 1.54) is 0 Å². The second-order valence-electron chi connectivity index (χ2n) is 6.42. The molecule has 2 amide bonds. The highest BCUT2D eigenvalue weighted by Gasteiger charge is 2.17. The number of hydrazone groups is 1. The van der Waals surface area contributed by atoms with E-state index < -0.39 is 0 Å². The van der Waals surface area contributed by atoms with Crippen molar-refractivity contribution in [2.75, 3.05) is 32.9 Å². The molecule has 1 fully saturated rings. The van der Waals surface area contributed by atoms with E-state index in [4.69, 9.17) is 21.1 Å². The van der Waals surface area contributed by atoms with E-state index in [9.17, 15) is 9.59 Å². The number of morpholine rings is 1. The number of carbonyl (C=O) groups excluding carboxylic acids is 2. The summed E-state index contributed by atoms with van der Waals surface area (Å²) in [4.78, 5) is 26.0. The molecule has 0 radical (unpaired) electrons. The van der Waals surface area contributed by atoms with Crippen molar-refractivity contribution in [3.8, 4) is 5.75 Å². The molecule has 0 aliphatic carbocycles. The van der Waals surface area contributed by atoms with E-state index in [1.807, 2.05) is 12.1 Å². The van der Waals surface area contributed by atoms with Crippen LogP contribution in [0.3, 0.4) is 0 Å². The number of hydrogen-bond donors (Lipinski definition) is 1. The predicted molar refractivity (Wildman–Crippen MR) is 110 cm³/mol. The first kappa shape index (κ1) is 20.8. The van der Waals surface area contributed by atoms with Crippen LogP contribution in [0.15, 0.2) is 53.6 Å². The molecule has 1 aliphatic heterocycles. The predicted octanol–water partition coefficient (Wildman–Crippen LogP) is 2.73. The zero-order chi connectivity index (χ0) is 20.6. The maximum absolute atomic E-state index is 12.2. The van der Waals surface area contributed by atoms with Gasteiger partial charge >= 0.3 is 0 Å². The lowest BCUT2D eigenvalue weighted by Crippen LogP contribution is -2.42. The van der Waals surface area contributed by atoms with Crippen LogP contribution in [0.1, 0.15) is 22.8 Å². The van der Waals surface area contributed by atoms with Crippen LogP contribution >= 0.6 is 11.6 Å². The van der Waals surface area contributed by atoms with Gasteiger partial charge in [0.05, 0.1) is 29.5 Å². The second-order valence-corrected chi connectivity index (χ2v) is 6.83. The smallest absolute Gasteiger partial charge is 0.272 e. The molecule has 0 atom stereocenters. The first-order valence-electron chi connectivity index (χ1n) is 9.22. The van der Waals surface area contributed by atoms with E-state index in [0.29, 0.717) is 48.4 Å². The van der Waals surface area contributed by atoms with Crippen molar-refractivity contribution in [1.29, 1.82) is 0 Å². The Bertz CT molecular complexity index is 893. The molecule has 2 aromatic rings. The van der Waals surface area contributed by atoms with Crippen LogP contribution in [0.2, 0.25) is 5.02 Å². The molecule has 0 bridgehead atoms. The maximum Gasteiger partial charge on any atom is 0.272 e. The molecule has 29 heavy (non-hydrogen) atoms. The molecule has 1 N–H and O–H groups in total. The topological polar surface area (TPSA) is 80.2 Å². The van der Waals surface area contributed by atoms with E-state index in [-0.39, 0.29) is 18.4 Å². The molecule has 0 spiro atoms. The van der Waals surface area contributed by atoms with Crippen molar-refractivity contribution in [2.24, 2.45) is 5.10 Å². The van der Waals surface area contributed by atoms with Crippen LogP contribution in [0.25, 0.3) is 0 Å². The van der Waals surface area contributed by atoms with Crippen LogP contribution < -0.4 is 10.2 Å². The van der Waals surface area contributed by atoms with Crippen LogP contribution in [0.5, 0.6) is 5.75 Å². The summed E-state index contributed by atoms with van der Waals surface area (Å²) in [5, 5.41) is 4.49. The molecule has 8 heteroatoms. The highest BCUT2D eigenvalue weighted by atomic mass is 35.5. The zero-order valence-electron chi connectivity index (χ0n) is 16.1. The summed E-state index contributed by atoms with van der Waals surface area (Å²) in [5.41, 5.74) is 4.30. The number of nitrogens with zero attached hydrogens (tertiary/aromatic N) is 2. The molecular formula is C21H22ClN3O4. The first-order chi connectivity index (χ1) is 14.0. The molecule has 2 aromatic carbocycles. The molecule has 152 valence electrons. The number of ether oxygens (including phenoxy) is 2. The van der Waals surface area contributed by atoms with E-state index in [2.05, 4.69) is 10.5 Å². The molecule has 0 unspecified atom stereocenters. The molecule has 1 aliphatic rings. The Hall–Kier alpha value is -2.90. The van der Waals surface area contributed by atoms with E-state index in [0.717, 1.165) is 5.56 Å². The van der Waals surface area contributed by atoms with Gasteiger partial charge < -0.3 is 14.4 Å². The summed E-state index contributed by atoms with van der Waals surface area (Å²) in [6.45, 7) is 4.08. The minimum atomic E-state index is -0.378. The summed E-state index contributed by atoms with van der Waals surface area (Å²) >= 11 is 6.01. The third-order valence-electron chi connectivity index (χ3n) is 4.44. The quantitative estimate of drug-likeness (QED) is 0.581. The van der Waals surface area contributed by atoms with Gasteiger partial charge in [0.15, 0.2) is 6.61 Å². The highest BCUT2D eigenvalue weighted by Crippen LogP contribution is 2.15. The Morgan fingerprint density at radius 3 is 2.52 bits per heavy atom. The third-order valence-corrected chi connectivity index (χ3v) is 4.77. The Kier molecular flexibility index (Phi) is 7.21. The SMILES string of the molecule is C/C(=N/NC(=O)c1ccccc1Cl)c1ccc(OCC(=O)N2CCOCC2)cc1. The summed E-state index contributed by atoms with van der Waals surface area (Å²) in [6, 6.07) is 13.9. The number of rotatable bonds is 6. The highest BCUT2D eigenvalue weighted by molar-refractivity contribution is 6.33. The van der Waals surface area contributed by atoms with Crippen molar-refractivity contribution in [3.63, 3.8) is 0 Å². The molecule has 7 nitrogen and oxygen atoms in total. The summed E-state index contributed by atoms with van der Waals surface area (Å²) in [7, 11) is 0. The minimum Gasteiger partial charge on any atom is -0.484 e. The average molecular weight is 416 g/mol. The third kappa shape index (κ3) is 5.79. The lowest BCUT2D eigenvalue weighted by molar-refractivity contribution is -0.137. The Morgan fingerprint density at radius 2 is 1.83 bits per heavy atom. The fraction of sp³-hybridized carbons (Fsp3) is 0.286. The van der Waals surface area contributed by atoms with Gasteiger partial charge in [0.2, 0.25) is 0 Å². The summed E-state index contributed by atoms with van der Waals surface area (Å²) in [5.74, 6) is 0.150. The second kappa shape index (κ2) is 10.0. The normalized spacial score (nSPS) is 14.4. The van der Waals surface area contributed by atoms with Gasteiger partial charge in [-0.3, -0.25) is 9.59 Å².